The van der Waals surface area contributed by atoms with E-state index in [0.29, 0.717) is 11.3 Å². The number of fused-ring (bicyclic) bond motifs is 1. The van der Waals surface area contributed by atoms with Gasteiger partial charge in [-0.2, -0.15) is 0 Å². The van der Waals surface area contributed by atoms with Crippen molar-refractivity contribution in [3.05, 3.63) is 139 Å². The van der Waals surface area contributed by atoms with Gasteiger partial charge in [0.15, 0.2) is 22.6 Å². The third-order valence-corrected chi connectivity index (χ3v) is 11.7. The van der Waals surface area contributed by atoms with Crippen LogP contribution in [0.4, 0.5) is 0 Å². The molecule has 2 unspecified atom stereocenters. The average molecular weight is 682 g/mol. The first-order valence-electron chi connectivity index (χ1n) is 14.8. The lowest BCUT2D eigenvalue weighted by Crippen LogP contribution is -2.80. The van der Waals surface area contributed by atoms with Crippen molar-refractivity contribution in [2.75, 3.05) is 13.2 Å². The van der Waals surface area contributed by atoms with Crippen LogP contribution in [-0.4, -0.2) is 51.7 Å². The molecule has 11 heteroatoms. The van der Waals surface area contributed by atoms with Crippen LogP contribution >= 0.6 is 32.9 Å². The second-order valence-electron chi connectivity index (χ2n) is 10.8. The van der Waals surface area contributed by atoms with Crippen LogP contribution in [0.15, 0.2) is 132 Å². The Balaban J connectivity index is 1.23. The first kappa shape index (κ1) is 32.4. The van der Waals surface area contributed by atoms with Crippen molar-refractivity contribution in [3.8, 4) is 5.75 Å². The van der Waals surface area contributed by atoms with Gasteiger partial charge in [-0.15, -0.1) is 11.3 Å². The van der Waals surface area contributed by atoms with Crippen molar-refractivity contribution in [2.24, 2.45) is 0 Å². The Morgan fingerprint density at radius 2 is 1.53 bits per heavy atom. The van der Waals surface area contributed by atoms with Gasteiger partial charge < -0.3 is 19.7 Å². The van der Waals surface area contributed by atoms with E-state index in [-0.39, 0.29) is 13.2 Å². The van der Waals surface area contributed by atoms with Crippen molar-refractivity contribution >= 4 is 60.9 Å². The number of aromatic nitrogens is 1. The van der Waals surface area contributed by atoms with Crippen LogP contribution in [0.3, 0.4) is 0 Å². The number of nitrogens with one attached hydrogen (secondary N) is 1. The van der Waals surface area contributed by atoms with Crippen LogP contribution in [0.1, 0.15) is 24.2 Å². The quantitative estimate of drug-likeness (QED) is 0.0612. The summed E-state index contributed by atoms with van der Waals surface area (Å²) in [6.07, 6.45) is -0.662. The Labute approximate surface area is 284 Å². The van der Waals surface area contributed by atoms with E-state index in [1.165, 1.54) is 37.8 Å². The monoisotopic (exact) mass is 681 g/mol. The molecule has 1 saturated heterocycles. The molecule has 5 aromatic rings. The molecule has 0 spiro atoms. The first-order valence-corrected chi connectivity index (χ1v) is 17.8. The first-order chi connectivity index (χ1) is 22.8. The van der Waals surface area contributed by atoms with Crippen molar-refractivity contribution in [1.82, 2.24) is 15.2 Å². The summed E-state index contributed by atoms with van der Waals surface area (Å²) in [6, 6.07) is 35.7. The molecule has 1 fully saturated rings. The predicted molar refractivity (Wildman–Crippen MR) is 187 cm³/mol. The van der Waals surface area contributed by atoms with E-state index in [0.717, 1.165) is 25.7 Å². The van der Waals surface area contributed by atoms with E-state index < -0.39 is 34.8 Å². The highest BCUT2D eigenvalue weighted by molar-refractivity contribution is 8.77. The standard InChI is InChI=1S/C36H31N3O5S3/c1-24(2)36(38-30(40)23-43-27-18-10-5-11-19-27)33(42)39(34(36)46-47-35-37-28-20-12-13-21-29(28)45-35)22-31(41)44-32(25-14-6-3-7-15-25)26-16-8-4-9-17-26/h3-21,32,34H,1,22-23H2,2H3,(H,38,40). The van der Waals surface area contributed by atoms with E-state index in [1.807, 2.05) is 91.0 Å². The smallest absolute Gasteiger partial charge is 0.326 e. The number of benzene rings is 4. The molecule has 2 atom stereocenters. The van der Waals surface area contributed by atoms with Gasteiger partial charge in [0.1, 0.15) is 17.7 Å². The fraction of sp³-hybridized carbons (Fsp3) is 0.167. The van der Waals surface area contributed by atoms with Crippen LogP contribution in [0.5, 0.6) is 5.75 Å². The number of likely N-dealkylation sites (tertiary alicyclic amines) is 1. The number of esters is 1. The highest BCUT2D eigenvalue weighted by Crippen LogP contribution is 2.50. The highest BCUT2D eigenvalue weighted by Gasteiger charge is 2.63. The second-order valence-corrected chi connectivity index (χ2v) is 14.4. The van der Waals surface area contributed by atoms with Crippen LogP contribution in [0.2, 0.25) is 0 Å². The molecule has 6 rings (SSSR count). The molecule has 1 aliphatic heterocycles. The van der Waals surface area contributed by atoms with Gasteiger partial charge in [-0.3, -0.25) is 14.4 Å². The average Bonchev–Trinajstić information content (AvgIpc) is 3.52. The number of carbonyl (C=O) groups is 3. The third kappa shape index (κ3) is 7.07. The highest BCUT2D eigenvalue weighted by atomic mass is 33.1. The lowest BCUT2D eigenvalue weighted by molar-refractivity contribution is -0.164. The van der Waals surface area contributed by atoms with E-state index >= 15 is 0 Å². The summed E-state index contributed by atoms with van der Waals surface area (Å²) < 4.78 is 13.5. The van der Waals surface area contributed by atoms with E-state index in [1.54, 1.807) is 31.2 Å². The fourth-order valence-electron chi connectivity index (χ4n) is 5.29. The molecule has 0 saturated carbocycles. The number of ether oxygens (including phenoxy) is 2. The van der Waals surface area contributed by atoms with Crippen LogP contribution in [0, 0.1) is 0 Å². The molecule has 1 aliphatic rings. The van der Waals surface area contributed by atoms with Crippen LogP contribution in [0.25, 0.3) is 10.2 Å². The number of hydrogen-bond acceptors (Lipinski definition) is 9. The van der Waals surface area contributed by atoms with Gasteiger partial charge in [0.05, 0.1) is 10.2 Å². The van der Waals surface area contributed by atoms with Crippen LogP contribution < -0.4 is 10.1 Å². The summed E-state index contributed by atoms with van der Waals surface area (Å²) in [7, 11) is 2.72. The van der Waals surface area contributed by atoms with E-state index in [9.17, 15) is 14.4 Å². The Kier molecular flexibility index (Phi) is 9.95. The molecule has 8 nitrogen and oxygen atoms in total. The zero-order valence-corrected chi connectivity index (χ0v) is 27.9. The Hall–Kier alpha value is -4.58. The third-order valence-electron chi connectivity index (χ3n) is 7.61. The van der Waals surface area contributed by atoms with Gasteiger partial charge in [0.25, 0.3) is 11.8 Å². The molecular formula is C36H31N3O5S3. The van der Waals surface area contributed by atoms with Gasteiger partial charge in [0, 0.05) is 0 Å². The van der Waals surface area contributed by atoms with Crippen molar-refractivity contribution in [1.29, 1.82) is 0 Å². The van der Waals surface area contributed by atoms with E-state index in [2.05, 4.69) is 11.9 Å². The number of carbonyl (C=O) groups excluding carboxylic acids is 3. The zero-order valence-electron chi connectivity index (χ0n) is 25.4. The number of thiazole rings is 1. The summed E-state index contributed by atoms with van der Waals surface area (Å²) in [5, 5.41) is 2.21. The molecule has 0 radical (unpaired) electrons. The number of nitrogens with zero attached hydrogens (tertiary/aromatic N) is 2. The molecule has 4 aromatic carbocycles. The minimum absolute atomic E-state index is 0.299. The summed E-state index contributed by atoms with van der Waals surface area (Å²) >= 11 is 1.53. The molecule has 1 aromatic heterocycles. The van der Waals surface area contributed by atoms with Gasteiger partial charge in [-0.1, -0.05) is 108 Å². The largest absolute Gasteiger partial charge is 0.484 e. The second kappa shape index (κ2) is 14.5. The van der Waals surface area contributed by atoms with E-state index in [4.69, 9.17) is 14.5 Å². The number of amides is 2. The maximum atomic E-state index is 14.0. The minimum Gasteiger partial charge on any atom is -0.484 e. The molecule has 2 heterocycles. The van der Waals surface area contributed by atoms with Crippen molar-refractivity contribution in [3.63, 3.8) is 0 Å². The molecule has 0 bridgehead atoms. The normalized spacial score (nSPS) is 17.3. The molecule has 1 N–H and O–H groups in total. The molecule has 47 heavy (non-hydrogen) atoms. The summed E-state index contributed by atoms with van der Waals surface area (Å²) in [5.41, 5.74) is 1.46. The number of rotatable bonds is 13. The lowest BCUT2D eigenvalue weighted by Gasteiger charge is -2.55. The predicted octanol–water partition coefficient (Wildman–Crippen LogP) is 7.05. The minimum atomic E-state index is -1.47. The Morgan fingerprint density at radius 1 is 0.936 bits per heavy atom. The molecule has 0 aliphatic carbocycles. The SMILES string of the molecule is C=C(C)C1(NC(=O)COc2ccccc2)C(=O)N(CC(=O)OC(c2ccccc2)c2ccccc2)C1SSc1nc2ccccc2s1. The maximum absolute atomic E-state index is 14.0. The summed E-state index contributed by atoms with van der Waals surface area (Å²) in [6.45, 7) is 5.17. The molecular weight excluding hydrogens is 651 g/mol. The maximum Gasteiger partial charge on any atom is 0.326 e. The van der Waals surface area contributed by atoms with Gasteiger partial charge in [-0.05, 0) is 58.7 Å². The fourth-order valence-corrected chi connectivity index (χ4v) is 9.51. The van der Waals surface area contributed by atoms with Crippen molar-refractivity contribution < 1.29 is 23.9 Å². The number of para-hydroxylation sites is 2. The number of hydrogen-bond donors (Lipinski definition) is 1. The summed E-state index contributed by atoms with van der Waals surface area (Å²) in [5.74, 6) is -0.995. The van der Waals surface area contributed by atoms with Gasteiger partial charge >= 0.3 is 5.97 Å². The van der Waals surface area contributed by atoms with Gasteiger partial charge in [-0.25, -0.2) is 4.98 Å². The zero-order chi connectivity index (χ0) is 32.8. The summed E-state index contributed by atoms with van der Waals surface area (Å²) in [4.78, 5) is 47.0. The molecule has 238 valence electrons. The topological polar surface area (TPSA) is 97.8 Å². The lowest BCUT2D eigenvalue weighted by atomic mass is 9.81. The van der Waals surface area contributed by atoms with Gasteiger partial charge in [0.2, 0.25) is 0 Å². The Morgan fingerprint density at radius 3 is 2.15 bits per heavy atom. The number of β-lactam (4-membered cyclic amide) rings is 1. The van der Waals surface area contributed by atoms with Crippen molar-refractivity contribution in [2.45, 2.75) is 28.3 Å². The van der Waals surface area contributed by atoms with Crippen LogP contribution in [-0.2, 0) is 19.1 Å². The molecule has 2 amide bonds. The Bertz CT molecular complexity index is 1820.